The van der Waals surface area contributed by atoms with Crippen molar-refractivity contribution in [2.45, 2.75) is 46.1 Å². The van der Waals surface area contributed by atoms with E-state index in [1.807, 2.05) is 55.1 Å². The molecule has 4 heterocycles. The lowest BCUT2D eigenvalue weighted by atomic mass is 9.90. The number of hydrogen-bond acceptors (Lipinski definition) is 7. The van der Waals surface area contributed by atoms with E-state index in [1.54, 1.807) is 19.3 Å². The van der Waals surface area contributed by atoms with Crippen LogP contribution in [-0.2, 0) is 11.4 Å². The number of rotatable bonds is 5. The Balaban J connectivity index is 0.00000156. The van der Waals surface area contributed by atoms with Gasteiger partial charge in [-0.3, -0.25) is 14.6 Å². The molecule has 3 aromatic heterocycles. The minimum atomic E-state index is -0.0275. The van der Waals surface area contributed by atoms with Gasteiger partial charge < -0.3 is 15.7 Å². The lowest BCUT2D eigenvalue weighted by Crippen LogP contribution is -2.36. The average Bonchev–Trinajstić information content (AvgIpc) is 3.38. The normalized spacial score (nSPS) is 13.8. The van der Waals surface area contributed by atoms with Gasteiger partial charge in [-0.15, -0.1) is 0 Å². The number of aldehydes is 1. The Morgan fingerprint density at radius 2 is 1.89 bits per heavy atom. The first-order chi connectivity index (χ1) is 18.0. The van der Waals surface area contributed by atoms with Crippen LogP contribution in [-0.4, -0.2) is 54.9 Å². The third kappa shape index (κ3) is 5.08. The van der Waals surface area contributed by atoms with Crippen molar-refractivity contribution in [3.05, 3.63) is 65.6 Å². The number of pyridine rings is 1. The predicted molar refractivity (Wildman–Crippen MR) is 143 cm³/mol. The van der Waals surface area contributed by atoms with Crippen LogP contribution in [0.1, 0.15) is 61.1 Å². The fourth-order valence-corrected chi connectivity index (χ4v) is 4.70. The molecule has 3 N–H and O–H groups in total. The van der Waals surface area contributed by atoms with Crippen molar-refractivity contribution in [2.24, 2.45) is 0 Å². The van der Waals surface area contributed by atoms with Crippen LogP contribution in [0.3, 0.4) is 0 Å². The number of likely N-dealkylation sites (tertiary alicyclic amines) is 1. The maximum absolute atomic E-state index is 12.0. The molecule has 0 spiro atoms. The standard InChI is InChI=1S/C26H26N6O3.C2H6/c1-16(35)31-9-7-18(8-10-31)24-22(15-34)25(27)32-26(30-24)21(13-29-32)20-5-6-23(28-12-20)19-4-2-3-17(11-19)14-33;1-2/h2-6,11-13,15,18,33H,7-10,14,27H2,1H3;1-2H3. The molecular weight excluding hydrogens is 468 g/mol. The monoisotopic (exact) mass is 500 g/mol. The average molecular weight is 501 g/mol. The highest BCUT2D eigenvalue weighted by Crippen LogP contribution is 2.34. The van der Waals surface area contributed by atoms with Crippen molar-refractivity contribution >= 4 is 23.7 Å². The summed E-state index contributed by atoms with van der Waals surface area (Å²) in [5.41, 5.74) is 12.0. The van der Waals surface area contributed by atoms with Crippen molar-refractivity contribution in [1.82, 2.24) is 24.5 Å². The molecule has 0 unspecified atom stereocenters. The quantitative estimate of drug-likeness (QED) is 0.395. The van der Waals surface area contributed by atoms with Crippen LogP contribution in [0.15, 0.2) is 48.8 Å². The molecule has 0 bridgehead atoms. The van der Waals surface area contributed by atoms with E-state index in [-0.39, 0.29) is 24.2 Å². The van der Waals surface area contributed by atoms with Gasteiger partial charge in [-0.05, 0) is 30.5 Å². The van der Waals surface area contributed by atoms with E-state index in [1.165, 1.54) is 4.52 Å². The van der Waals surface area contributed by atoms with E-state index < -0.39 is 0 Å². The lowest BCUT2D eigenvalue weighted by Gasteiger charge is -2.31. The fourth-order valence-electron chi connectivity index (χ4n) is 4.70. The van der Waals surface area contributed by atoms with Gasteiger partial charge in [0.1, 0.15) is 5.82 Å². The Morgan fingerprint density at radius 3 is 2.51 bits per heavy atom. The zero-order valence-corrected chi connectivity index (χ0v) is 21.4. The summed E-state index contributed by atoms with van der Waals surface area (Å²) in [7, 11) is 0. The maximum atomic E-state index is 12.0. The largest absolute Gasteiger partial charge is 0.392 e. The van der Waals surface area contributed by atoms with Gasteiger partial charge in [-0.25, -0.2) is 4.98 Å². The van der Waals surface area contributed by atoms with E-state index in [0.717, 1.165) is 47.1 Å². The number of aromatic nitrogens is 4. The van der Waals surface area contributed by atoms with Gasteiger partial charge in [0, 0.05) is 48.8 Å². The Kier molecular flexibility index (Phi) is 7.93. The number of fused-ring (bicyclic) bond motifs is 1. The van der Waals surface area contributed by atoms with Gasteiger partial charge in [0.05, 0.1) is 29.8 Å². The second-order valence-electron chi connectivity index (χ2n) is 8.78. The molecule has 1 fully saturated rings. The third-order valence-electron chi connectivity index (χ3n) is 6.67. The number of nitrogen functional groups attached to an aromatic ring is 1. The molecule has 5 rings (SSSR count). The van der Waals surface area contributed by atoms with Crippen LogP contribution in [0.2, 0.25) is 0 Å². The van der Waals surface area contributed by atoms with Crippen LogP contribution >= 0.6 is 0 Å². The molecule has 9 heteroatoms. The molecule has 0 atom stereocenters. The molecule has 37 heavy (non-hydrogen) atoms. The van der Waals surface area contributed by atoms with E-state index in [9.17, 15) is 14.7 Å². The lowest BCUT2D eigenvalue weighted by molar-refractivity contribution is -0.129. The van der Waals surface area contributed by atoms with E-state index >= 15 is 0 Å². The highest BCUT2D eigenvalue weighted by atomic mass is 16.3. The topological polar surface area (TPSA) is 127 Å². The highest BCUT2D eigenvalue weighted by molar-refractivity contribution is 5.87. The molecule has 0 radical (unpaired) electrons. The smallest absolute Gasteiger partial charge is 0.219 e. The van der Waals surface area contributed by atoms with Gasteiger partial charge in [-0.1, -0.05) is 38.1 Å². The Labute approximate surface area is 216 Å². The van der Waals surface area contributed by atoms with E-state index in [0.29, 0.717) is 30.0 Å². The second-order valence-corrected chi connectivity index (χ2v) is 8.78. The molecule has 4 aromatic rings. The molecule has 1 aliphatic heterocycles. The van der Waals surface area contributed by atoms with Crippen LogP contribution in [0.25, 0.3) is 28.0 Å². The SMILES string of the molecule is CC.CC(=O)N1CCC(c2nc3c(-c4ccc(-c5cccc(CO)c5)nc4)cnn3c(N)c2C=O)CC1. The zero-order valence-electron chi connectivity index (χ0n) is 21.4. The summed E-state index contributed by atoms with van der Waals surface area (Å²) in [5, 5.41) is 13.8. The molecule has 9 nitrogen and oxygen atoms in total. The summed E-state index contributed by atoms with van der Waals surface area (Å²) in [6.45, 7) is 6.79. The molecule has 1 aromatic carbocycles. The zero-order chi connectivity index (χ0) is 26.5. The fraction of sp³-hybridized carbons (Fsp3) is 0.321. The highest BCUT2D eigenvalue weighted by Gasteiger charge is 2.27. The van der Waals surface area contributed by atoms with Gasteiger partial charge >= 0.3 is 0 Å². The van der Waals surface area contributed by atoms with Gasteiger partial charge in [0.25, 0.3) is 0 Å². The summed E-state index contributed by atoms with van der Waals surface area (Å²) in [6.07, 6.45) is 5.62. The number of aliphatic hydroxyl groups is 1. The van der Waals surface area contributed by atoms with Crippen molar-refractivity contribution in [3.8, 4) is 22.4 Å². The Morgan fingerprint density at radius 1 is 1.14 bits per heavy atom. The molecular formula is C28H32N6O3. The Hall–Kier alpha value is -4.11. The van der Waals surface area contributed by atoms with E-state index in [4.69, 9.17) is 10.7 Å². The summed E-state index contributed by atoms with van der Waals surface area (Å²) in [6, 6.07) is 11.5. The minimum absolute atomic E-state index is 0.0275. The summed E-state index contributed by atoms with van der Waals surface area (Å²) < 4.78 is 1.49. The second kappa shape index (κ2) is 11.3. The number of nitrogens with two attached hydrogens (primary N) is 1. The number of benzene rings is 1. The first-order valence-corrected chi connectivity index (χ1v) is 12.5. The number of anilines is 1. The minimum Gasteiger partial charge on any atom is -0.392 e. The maximum Gasteiger partial charge on any atom is 0.219 e. The molecule has 192 valence electrons. The van der Waals surface area contributed by atoms with Crippen LogP contribution in [0.4, 0.5) is 5.82 Å². The van der Waals surface area contributed by atoms with Crippen LogP contribution in [0, 0.1) is 0 Å². The number of amides is 1. The molecule has 1 amide bonds. The first-order valence-electron chi connectivity index (χ1n) is 12.5. The number of carbonyl (C=O) groups excluding carboxylic acids is 2. The molecule has 0 saturated carbocycles. The first kappa shape index (κ1) is 26.0. The predicted octanol–water partition coefficient (Wildman–Crippen LogP) is 4.10. The number of hydrogen-bond donors (Lipinski definition) is 2. The van der Waals surface area contributed by atoms with Gasteiger partial charge in [-0.2, -0.15) is 9.61 Å². The van der Waals surface area contributed by atoms with Crippen molar-refractivity contribution in [2.75, 3.05) is 18.8 Å². The van der Waals surface area contributed by atoms with Crippen molar-refractivity contribution in [1.29, 1.82) is 0 Å². The molecule has 0 aliphatic carbocycles. The summed E-state index contributed by atoms with van der Waals surface area (Å²) in [5.74, 6) is 0.338. The van der Waals surface area contributed by atoms with Gasteiger partial charge in [0.15, 0.2) is 11.9 Å². The van der Waals surface area contributed by atoms with E-state index in [2.05, 4.69) is 10.1 Å². The van der Waals surface area contributed by atoms with Crippen LogP contribution in [0.5, 0.6) is 0 Å². The van der Waals surface area contributed by atoms with Crippen molar-refractivity contribution in [3.63, 3.8) is 0 Å². The van der Waals surface area contributed by atoms with Gasteiger partial charge in [0.2, 0.25) is 5.91 Å². The van der Waals surface area contributed by atoms with Crippen molar-refractivity contribution < 1.29 is 14.7 Å². The summed E-state index contributed by atoms with van der Waals surface area (Å²) in [4.78, 5) is 35.0. The number of carbonyl (C=O) groups is 2. The molecule has 1 saturated heterocycles. The molecule has 1 aliphatic rings. The third-order valence-corrected chi connectivity index (χ3v) is 6.67. The number of piperidine rings is 1. The summed E-state index contributed by atoms with van der Waals surface area (Å²) >= 11 is 0. The number of nitrogens with zero attached hydrogens (tertiary/aromatic N) is 5. The van der Waals surface area contributed by atoms with Crippen LogP contribution < -0.4 is 5.73 Å². The number of aliphatic hydroxyl groups excluding tert-OH is 1. The Bertz CT molecular complexity index is 1410.